The van der Waals surface area contributed by atoms with Crippen molar-refractivity contribution in [1.82, 2.24) is 4.90 Å². The maximum Gasteiger partial charge on any atom is 0.269 e. The number of carbonyl (C=O) groups is 1. The number of nitro groups is 1. The average molecular weight is 305 g/mol. The van der Waals surface area contributed by atoms with Gasteiger partial charge in [-0.2, -0.15) is 0 Å². The van der Waals surface area contributed by atoms with E-state index in [0.29, 0.717) is 18.8 Å². The number of hydrogen-bond acceptors (Lipinski definition) is 4. The van der Waals surface area contributed by atoms with Gasteiger partial charge >= 0.3 is 0 Å². The van der Waals surface area contributed by atoms with Crippen LogP contribution in [0.1, 0.15) is 31.7 Å². The van der Waals surface area contributed by atoms with Crippen LogP contribution in [0.5, 0.6) is 0 Å². The van der Waals surface area contributed by atoms with Gasteiger partial charge in [-0.3, -0.25) is 14.9 Å². The maximum absolute atomic E-state index is 12.2. The first-order valence-electron chi connectivity index (χ1n) is 7.74. The lowest BCUT2D eigenvalue weighted by Crippen LogP contribution is -2.42. The standard InChI is InChI=1S/C16H23N3O3/c1-12(17)14-7-9-18(10-8-14)16(20)6-5-13-3-2-4-15(11-13)19(21)22/h2-4,11-12,14H,5-10,17H2,1H3. The minimum atomic E-state index is -0.413. The molecule has 6 heteroatoms. The molecule has 1 aromatic carbocycles. The van der Waals surface area contributed by atoms with Crippen LogP contribution in [-0.4, -0.2) is 34.9 Å². The first-order valence-corrected chi connectivity index (χ1v) is 7.74. The molecule has 0 bridgehead atoms. The van der Waals surface area contributed by atoms with Crippen molar-refractivity contribution in [2.24, 2.45) is 11.7 Å². The van der Waals surface area contributed by atoms with Gasteiger partial charge in [-0.25, -0.2) is 0 Å². The lowest BCUT2D eigenvalue weighted by Gasteiger charge is -2.33. The number of rotatable bonds is 5. The molecule has 1 amide bonds. The number of piperidine rings is 1. The quantitative estimate of drug-likeness (QED) is 0.666. The van der Waals surface area contributed by atoms with E-state index in [9.17, 15) is 14.9 Å². The van der Waals surface area contributed by atoms with Crippen LogP contribution in [0.3, 0.4) is 0 Å². The van der Waals surface area contributed by atoms with Gasteiger partial charge in [0.25, 0.3) is 5.69 Å². The van der Waals surface area contributed by atoms with E-state index in [1.54, 1.807) is 6.07 Å². The Morgan fingerprint density at radius 3 is 2.73 bits per heavy atom. The van der Waals surface area contributed by atoms with Crippen LogP contribution in [0.25, 0.3) is 0 Å². The fourth-order valence-corrected chi connectivity index (χ4v) is 2.91. The first kappa shape index (κ1) is 16.4. The number of amides is 1. The van der Waals surface area contributed by atoms with Crippen molar-refractivity contribution in [3.63, 3.8) is 0 Å². The van der Waals surface area contributed by atoms with E-state index in [4.69, 9.17) is 5.73 Å². The molecular formula is C16H23N3O3. The molecule has 1 aliphatic rings. The summed E-state index contributed by atoms with van der Waals surface area (Å²) in [5.74, 6) is 0.621. The Bertz CT molecular complexity index is 537. The van der Waals surface area contributed by atoms with E-state index in [1.165, 1.54) is 12.1 Å². The first-order chi connectivity index (χ1) is 10.5. The molecule has 1 fully saturated rings. The molecular weight excluding hydrogens is 282 g/mol. The zero-order valence-corrected chi connectivity index (χ0v) is 12.9. The molecule has 22 heavy (non-hydrogen) atoms. The molecule has 2 N–H and O–H groups in total. The second kappa shape index (κ2) is 7.35. The molecule has 1 heterocycles. The SMILES string of the molecule is CC(N)C1CCN(C(=O)CCc2cccc([N+](=O)[O-])c2)CC1. The van der Waals surface area contributed by atoms with E-state index < -0.39 is 4.92 Å². The highest BCUT2D eigenvalue weighted by Gasteiger charge is 2.24. The highest BCUT2D eigenvalue weighted by Crippen LogP contribution is 2.21. The third-order valence-electron chi connectivity index (χ3n) is 4.38. The maximum atomic E-state index is 12.2. The van der Waals surface area contributed by atoms with Gasteiger partial charge in [0.15, 0.2) is 0 Å². The average Bonchev–Trinajstić information content (AvgIpc) is 2.53. The van der Waals surface area contributed by atoms with Crippen LogP contribution in [0.4, 0.5) is 5.69 Å². The second-order valence-corrected chi connectivity index (χ2v) is 6.00. The largest absolute Gasteiger partial charge is 0.343 e. The van der Waals surface area contributed by atoms with Gasteiger partial charge in [0, 0.05) is 37.7 Å². The van der Waals surface area contributed by atoms with Crippen LogP contribution < -0.4 is 5.73 Å². The summed E-state index contributed by atoms with van der Waals surface area (Å²) in [6, 6.07) is 6.66. The molecule has 6 nitrogen and oxygen atoms in total. The minimum absolute atomic E-state index is 0.0719. The second-order valence-electron chi connectivity index (χ2n) is 6.00. The summed E-state index contributed by atoms with van der Waals surface area (Å²) in [7, 11) is 0. The Balaban J connectivity index is 1.83. The number of carbonyl (C=O) groups excluding carboxylic acids is 1. The molecule has 1 aliphatic heterocycles. The molecule has 0 spiro atoms. The number of likely N-dealkylation sites (tertiary alicyclic amines) is 1. The summed E-state index contributed by atoms with van der Waals surface area (Å²) in [5.41, 5.74) is 6.80. The molecule has 0 aliphatic carbocycles. The molecule has 1 unspecified atom stereocenters. The van der Waals surface area contributed by atoms with Crippen molar-refractivity contribution < 1.29 is 9.72 Å². The molecule has 1 aromatic rings. The number of nitrogens with zero attached hydrogens (tertiary/aromatic N) is 2. The number of benzene rings is 1. The van der Waals surface area contributed by atoms with Crippen LogP contribution >= 0.6 is 0 Å². The Labute approximate surface area is 130 Å². The molecule has 0 aromatic heterocycles. The summed E-state index contributed by atoms with van der Waals surface area (Å²) in [6.07, 6.45) is 2.85. The molecule has 120 valence electrons. The molecule has 0 saturated carbocycles. The lowest BCUT2D eigenvalue weighted by molar-refractivity contribution is -0.384. The van der Waals surface area contributed by atoms with Gasteiger partial charge < -0.3 is 10.6 Å². The van der Waals surface area contributed by atoms with Crippen molar-refractivity contribution in [3.05, 3.63) is 39.9 Å². The van der Waals surface area contributed by atoms with Crippen molar-refractivity contribution in [1.29, 1.82) is 0 Å². The predicted molar refractivity (Wildman–Crippen MR) is 84.4 cm³/mol. The smallest absolute Gasteiger partial charge is 0.269 e. The van der Waals surface area contributed by atoms with E-state index in [1.807, 2.05) is 17.9 Å². The molecule has 1 atom stereocenters. The van der Waals surface area contributed by atoms with Crippen LogP contribution in [-0.2, 0) is 11.2 Å². The number of hydrogen-bond donors (Lipinski definition) is 1. The zero-order chi connectivity index (χ0) is 16.1. The van der Waals surface area contributed by atoms with Gasteiger partial charge in [-0.15, -0.1) is 0 Å². The Kier molecular flexibility index (Phi) is 5.49. The predicted octanol–water partition coefficient (Wildman–Crippen LogP) is 2.11. The fourth-order valence-electron chi connectivity index (χ4n) is 2.91. The van der Waals surface area contributed by atoms with Crippen LogP contribution in [0, 0.1) is 16.0 Å². The minimum Gasteiger partial charge on any atom is -0.343 e. The Morgan fingerprint density at radius 1 is 1.45 bits per heavy atom. The summed E-state index contributed by atoms with van der Waals surface area (Å²) < 4.78 is 0. The number of nitro benzene ring substituents is 1. The fraction of sp³-hybridized carbons (Fsp3) is 0.562. The highest BCUT2D eigenvalue weighted by atomic mass is 16.6. The number of aryl methyl sites for hydroxylation is 1. The number of nitrogens with two attached hydrogens (primary N) is 1. The molecule has 0 radical (unpaired) electrons. The van der Waals surface area contributed by atoms with Gasteiger partial charge in [-0.05, 0) is 37.7 Å². The monoisotopic (exact) mass is 305 g/mol. The number of non-ortho nitro benzene ring substituents is 1. The van der Waals surface area contributed by atoms with E-state index >= 15 is 0 Å². The van der Waals surface area contributed by atoms with Gasteiger partial charge in [0.1, 0.15) is 0 Å². The summed E-state index contributed by atoms with van der Waals surface area (Å²) in [4.78, 5) is 24.4. The van der Waals surface area contributed by atoms with Crippen LogP contribution in [0.15, 0.2) is 24.3 Å². The zero-order valence-electron chi connectivity index (χ0n) is 12.9. The van der Waals surface area contributed by atoms with Gasteiger partial charge in [-0.1, -0.05) is 12.1 Å². The van der Waals surface area contributed by atoms with E-state index in [0.717, 1.165) is 31.5 Å². The summed E-state index contributed by atoms with van der Waals surface area (Å²) in [5, 5.41) is 10.7. The van der Waals surface area contributed by atoms with Crippen molar-refractivity contribution in [2.75, 3.05) is 13.1 Å². The van der Waals surface area contributed by atoms with Crippen molar-refractivity contribution >= 4 is 11.6 Å². The third kappa shape index (κ3) is 4.27. The Hall–Kier alpha value is -1.95. The third-order valence-corrected chi connectivity index (χ3v) is 4.38. The lowest BCUT2D eigenvalue weighted by atomic mass is 9.91. The summed E-state index contributed by atoms with van der Waals surface area (Å²) >= 11 is 0. The van der Waals surface area contributed by atoms with Gasteiger partial charge in [0.05, 0.1) is 4.92 Å². The summed E-state index contributed by atoms with van der Waals surface area (Å²) in [6.45, 7) is 3.55. The molecule has 1 saturated heterocycles. The van der Waals surface area contributed by atoms with Crippen molar-refractivity contribution in [3.8, 4) is 0 Å². The van der Waals surface area contributed by atoms with Gasteiger partial charge in [0.2, 0.25) is 5.91 Å². The Morgan fingerprint density at radius 2 is 2.14 bits per heavy atom. The molecule has 2 rings (SSSR count). The normalized spacial score (nSPS) is 17.3. The topological polar surface area (TPSA) is 89.5 Å². The van der Waals surface area contributed by atoms with Crippen LogP contribution in [0.2, 0.25) is 0 Å². The van der Waals surface area contributed by atoms with E-state index in [2.05, 4.69) is 0 Å². The van der Waals surface area contributed by atoms with E-state index in [-0.39, 0.29) is 17.6 Å². The van der Waals surface area contributed by atoms with Crippen molar-refractivity contribution in [2.45, 2.75) is 38.6 Å². The highest BCUT2D eigenvalue weighted by molar-refractivity contribution is 5.76.